The first-order valence-electron chi connectivity index (χ1n) is 14.7. The van der Waals surface area contributed by atoms with Gasteiger partial charge in [0.1, 0.15) is 5.69 Å². The molecule has 4 heteroatoms. The van der Waals surface area contributed by atoms with Gasteiger partial charge in [0, 0.05) is 25.6 Å². The molecule has 1 fully saturated rings. The first kappa shape index (κ1) is 27.8. The molecule has 4 nitrogen and oxygen atoms in total. The molecule has 2 aromatic heterocycles. The van der Waals surface area contributed by atoms with Crippen molar-refractivity contribution < 1.29 is 4.74 Å². The lowest BCUT2D eigenvalue weighted by molar-refractivity contribution is 0.126. The maximum Gasteiger partial charge on any atom is 0.107 e. The normalized spacial score (nSPS) is 13.4. The molecule has 2 heterocycles. The molecule has 35 heavy (non-hydrogen) atoms. The third-order valence-electron chi connectivity index (χ3n) is 7.18. The fourth-order valence-electron chi connectivity index (χ4n) is 4.64. The summed E-state index contributed by atoms with van der Waals surface area (Å²) in [5.74, 6) is 1.10. The number of aromatic nitrogens is 3. The number of pyridine rings is 1. The number of aryl methyl sites for hydroxylation is 2. The summed E-state index contributed by atoms with van der Waals surface area (Å²) < 4.78 is 5.72. The van der Waals surface area contributed by atoms with E-state index in [1.54, 1.807) is 0 Å². The summed E-state index contributed by atoms with van der Waals surface area (Å²) in [6.45, 7) is 4.00. The molecule has 0 aromatic carbocycles. The predicted octanol–water partition coefficient (Wildman–Crippen LogP) is 8.53. The van der Waals surface area contributed by atoms with E-state index in [4.69, 9.17) is 4.74 Å². The van der Waals surface area contributed by atoms with E-state index in [-0.39, 0.29) is 0 Å². The van der Waals surface area contributed by atoms with E-state index in [0.29, 0.717) is 0 Å². The average molecular weight is 480 g/mol. The summed E-state index contributed by atoms with van der Waals surface area (Å²) in [6, 6.07) is 4.30. The molecule has 194 valence electrons. The van der Waals surface area contributed by atoms with Gasteiger partial charge in [-0.1, -0.05) is 90.0 Å². The van der Waals surface area contributed by atoms with Crippen LogP contribution in [0.4, 0.5) is 0 Å². The molecule has 0 unspecified atom stereocenters. The topological polar surface area (TPSA) is 47.9 Å². The molecule has 0 radical (unpaired) electrons. The van der Waals surface area contributed by atoms with Crippen LogP contribution in [0.1, 0.15) is 121 Å². The third-order valence-corrected chi connectivity index (χ3v) is 7.18. The third kappa shape index (κ3) is 12.6. The molecule has 0 spiro atoms. The Morgan fingerprint density at radius 3 is 2.03 bits per heavy atom. The first-order valence-corrected chi connectivity index (χ1v) is 14.7. The second-order valence-electron chi connectivity index (χ2n) is 10.5. The molecule has 1 aliphatic carbocycles. The monoisotopic (exact) mass is 479 g/mol. The van der Waals surface area contributed by atoms with E-state index in [2.05, 4.69) is 34.0 Å². The molecular weight excluding hydrogens is 430 g/mol. The van der Waals surface area contributed by atoms with Crippen molar-refractivity contribution in [1.82, 2.24) is 15.0 Å². The zero-order chi connectivity index (χ0) is 24.4. The minimum atomic E-state index is 0.855. The van der Waals surface area contributed by atoms with Gasteiger partial charge in [0.25, 0.3) is 0 Å². The maximum atomic E-state index is 5.72. The van der Waals surface area contributed by atoms with Crippen molar-refractivity contribution in [3.05, 3.63) is 42.0 Å². The maximum absolute atomic E-state index is 5.72. The van der Waals surface area contributed by atoms with Crippen molar-refractivity contribution in [3.8, 4) is 11.4 Å². The molecule has 0 amide bonds. The van der Waals surface area contributed by atoms with E-state index in [1.807, 2.05) is 18.6 Å². The van der Waals surface area contributed by atoms with Gasteiger partial charge in [0.15, 0.2) is 0 Å². The highest BCUT2D eigenvalue weighted by Crippen LogP contribution is 2.34. The summed E-state index contributed by atoms with van der Waals surface area (Å²) in [4.78, 5) is 13.9. The van der Waals surface area contributed by atoms with Gasteiger partial charge in [-0.05, 0) is 56.1 Å². The van der Waals surface area contributed by atoms with Gasteiger partial charge in [-0.3, -0.25) is 15.0 Å². The number of ether oxygens (including phenoxy) is 1. The Kier molecular flexibility index (Phi) is 14.0. The van der Waals surface area contributed by atoms with E-state index in [0.717, 1.165) is 61.9 Å². The summed E-state index contributed by atoms with van der Waals surface area (Å²) in [6.07, 6.45) is 29.4. The highest BCUT2D eigenvalue weighted by atomic mass is 16.5. The highest BCUT2D eigenvalue weighted by Gasteiger charge is 2.19. The Balaban J connectivity index is 1.22. The molecule has 0 bridgehead atoms. The molecule has 1 saturated carbocycles. The van der Waals surface area contributed by atoms with Crippen LogP contribution in [0.15, 0.2) is 30.7 Å². The largest absolute Gasteiger partial charge is 0.381 e. The molecule has 0 atom stereocenters. The van der Waals surface area contributed by atoms with Crippen LogP contribution in [0, 0.1) is 5.92 Å². The standard InChI is InChI=1S/C31H49N3O/c1-2-3-4-13-22-35-23-14-12-17-29-25-34-31(26-32-29)30-21-20-28(24-33-30)16-11-9-7-5-6-8-10-15-27-18-19-27/h20-21,24-27H,2-19,22-23H2,1H3. The highest BCUT2D eigenvalue weighted by molar-refractivity contribution is 5.52. The number of rotatable bonds is 21. The lowest BCUT2D eigenvalue weighted by Crippen LogP contribution is -1.99. The van der Waals surface area contributed by atoms with Gasteiger partial charge >= 0.3 is 0 Å². The van der Waals surface area contributed by atoms with Gasteiger partial charge < -0.3 is 4.74 Å². The molecule has 0 aliphatic heterocycles. The van der Waals surface area contributed by atoms with Gasteiger partial charge in [0.2, 0.25) is 0 Å². The molecular formula is C31H49N3O. The lowest BCUT2D eigenvalue weighted by Gasteiger charge is -2.06. The number of hydrogen-bond acceptors (Lipinski definition) is 4. The van der Waals surface area contributed by atoms with Gasteiger partial charge in [-0.15, -0.1) is 0 Å². The fourth-order valence-corrected chi connectivity index (χ4v) is 4.64. The molecule has 0 N–H and O–H groups in total. The van der Waals surface area contributed by atoms with Crippen molar-refractivity contribution in [2.45, 2.75) is 122 Å². The number of nitrogens with zero attached hydrogens (tertiary/aromatic N) is 3. The SMILES string of the molecule is CCCCCCOCCCCc1cnc(-c2ccc(CCCCCCCCCC3CC3)cn2)cn1. The van der Waals surface area contributed by atoms with Gasteiger partial charge in [-0.2, -0.15) is 0 Å². The summed E-state index contributed by atoms with van der Waals surface area (Å²) in [7, 11) is 0. The quantitative estimate of drug-likeness (QED) is 0.168. The van der Waals surface area contributed by atoms with Crippen LogP contribution in [-0.4, -0.2) is 28.2 Å². The van der Waals surface area contributed by atoms with Gasteiger partial charge in [0.05, 0.1) is 17.6 Å². The Hall–Kier alpha value is -1.81. The lowest BCUT2D eigenvalue weighted by atomic mass is 10.0. The van der Waals surface area contributed by atoms with Crippen molar-refractivity contribution in [2.75, 3.05) is 13.2 Å². The van der Waals surface area contributed by atoms with E-state index >= 15 is 0 Å². The van der Waals surface area contributed by atoms with E-state index in [9.17, 15) is 0 Å². The van der Waals surface area contributed by atoms with Crippen LogP contribution >= 0.6 is 0 Å². The van der Waals surface area contributed by atoms with Crippen molar-refractivity contribution in [1.29, 1.82) is 0 Å². The Morgan fingerprint density at radius 2 is 1.34 bits per heavy atom. The predicted molar refractivity (Wildman–Crippen MR) is 147 cm³/mol. The van der Waals surface area contributed by atoms with Crippen molar-refractivity contribution in [3.63, 3.8) is 0 Å². The van der Waals surface area contributed by atoms with Crippen LogP contribution in [0.2, 0.25) is 0 Å². The number of hydrogen-bond donors (Lipinski definition) is 0. The van der Waals surface area contributed by atoms with E-state index in [1.165, 1.54) is 95.5 Å². The van der Waals surface area contributed by atoms with Crippen LogP contribution in [-0.2, 0) is 17.6 Å². The van der Waals surface area contributed by atoms with Crippen molar-refractivity contribution in [2.24, 2.45) is 5.92 Å². The van der Waals surface area contributed by atoms with Crippen LogP contribution < -0.4 is 0 Å². The zero-order valence-electron chi connectivity index (χ0n) is 22.4. The second kappa shape index (κ2) is 17.6. The molecule has 1 aliphatic rings. The van der Waals surface area contributed by atoms with E-state index < -0.39 is 0 Å². The van der Waals surface area contributed by atoms with Crippen LogP contribution in [0.3, 0.4) is 0 Å². The average Bonchev–Trinajstić information content (AvgIpc) is 3.72. The fraction of sp³-hybridized carbons (Fsp3) is 0.710. The summed E-state index contributed by atoms with van der Waals surface area (Å²) in [5, 5.41) is 0. The number of unbranched alkanes of at least 4 members (excludes halogenated alkanes) is 10. The minimum absolute atomic E-state index is 0.855. The Morgan fingerprint density at radius 1 is 0.657 bits per heavy atom. The van der Waals surface area contributed by atoms with Gasteiger partial charge in [-0.25, -0.2) is 0 Å². The smallest absolute Gasteiger partial charge is 0.107 e. The minimum Gasteiger partial charge on any atom is -0.381 e. The summed E-state index contributed by atoms with van der Waals surface area (Å²) >= 11 is 0. The van der Waals surface area contributed by atoms with Crippen LogP contribution in [0.25, 0.3) is 11.4 Å². The molecule has 3 rings (SSSR count). The first-order chi connectivity index (χ1) is 17.3. The Labute approximate surface area is 214 Å². The van der Waals surface area contributed by atoms with Crippen LogP contribution in [0.5, 0.6) is 0 Å². The van der Waals surface area contributed by atoms with Crippen molar-refractivity contribution >= 4 is 0 Å². The summed E-state index contributed by atoms with van der Waals surface area (Å²) in [5.41, 5.74) is 4.15. The zero-order valence-corrected chi connectivity index (χ0v) is 22.4. The molecule has 2 aromatic rings. The molecule has 0 saturated heterocycles. The second-order valence-corrected chi connectivity index (χ2v) is 10.5. The Bertz CT molecular complexity index is 771.